The predicted octanol–water partition coefficient (Wildman–Crippen LogP) is 4.24. The van der Waals surface area contributed by atoms with Gasteiger partial charge in [-0.1, -0.05) is 0 Å². The average Bonchev–Trinajstić information content (AvgIpc) is 3.21. The molecule has 0 radical (unpaired) electrons. The highest BCUT2D eigenvalue weighted by molar-refractivity contribution is 9.10. The molecule has 2 saturated heterocycles. The van der Waals surface area contributed by atoms with Crippen molar-refractivity contribution in [3.63, 3.8) is 0 Å². The van der Waals surface area contributed by atoms with E-state index in [1.54, 1.807) is 0 Å². The summed E-state index contributed by atoms with van der Waals surface area (Å²) < 4.78 is 15.2. The van der Waals surface area contributed by atoms with Crippen molar-refractivity contribution in [2.45, 2.75) is 62.6 Å². The van der Waals surface area contributed by atoms with Crippen LogP contribution in [0.15, 0.2) is 22.9 Å². The van der Waals surface area contributed by atoms with Gasteiger partial charge in [-0.05, 0) is 61.4 Å². The third kappa shape index (κ3) is 2.16. The standard InChI is InChI=1S/C18H21BrN2O2/c1-17-9-18(10-17,11-22-17)15-8-21-7-13(19)14(6-16(21)20-15)23-12-4-2-3-5-12/h6-8,12H,2-5,9-11H2,1H3. The maximum Gasteiger partial charge on any atom is 0.140 e. The second-order valence-electron chi connectivity index (χ2n) is 7.77. The lowest BCUT2D eigenvalue weighted by Crippen LogP contribution is -2.45. The molecule has 4 nitrogen and oxygen atoms in total. The fourth-order valence-electron chi connectivity index (χ4n) is 4.67. The number of nitrogens with zero attached hydrogens (tertiary/aromatic N) is 2. The van der Waals surface area contributed by atoms with E-state index in [2.05, 4.69) is 45.7 Å². The first-order chi connectivity index (χ1) is 11.1. The van der Waals surface area contributed by atoms with Crippen molar-refractivity contribution in [1.82, 2.24) is 9.38 Å². The molecule has 5 heteroatoms. The molecule has 2 saturated carbocycles. The van der Waals surface area contributed by atoms with Crippen molar-refractivity contribution in [2.24, 2.45) is 0 Å². The first-order valence-electron chi connectivity index (χ1n) is 8.55. The Kier molecular flexibility index (Phi) is 2.94. The molecule has 23 heavy (non-hydrogen) atoms. The smallest absolute Gasteiger partial charge is 0.140 e. The molecule has 2 bridgehead atoms. The monoisotopic (exact) mass is 376 g/mol. The Bertz CT molecular complexity index is 773. The summed E-state index contributed by atoms with van der Waals surface area (Å²) in [5.41, 5.74) is 2.36. The molecule has 4 aliphatic rings. The Hall–Kier alpha value is -1.07. The van der Waals surface area contributed by atoms with Crippen LogP contribution in [0.3, 0.4) is 0 Å². The number of aromatic nitrogens is 2. The molecule has 0 aromatic carbocycles. The van der Waals surface area contributed by atoms with Gasteiger partial charge >= 0.3 is 0 Å². The molecule has 0 N–H and O–H groups in total. The van der Waals surface area contributed by atoms with Crippen molar-refractivity contribution >= 4 is 21.6 Å². The summed E-state index contributed by atoms with van der Waals surface area (Å²) in [6.07, 6.45) is 11.7. The molecular weight excluding hydrogens is 356 g/mol. The third-order valence-corrected chi connectivity index (χ3v) is 6.37. The van der Waals surface area contributed by atoms with Crippen molar-refractivity contribution in [2.75, 3.05) is 6.61 Å². The number of hydrogen-bond acceptors (Lipinski definition) is 3. The predicted molar refractivity (Wildman–Crippen MR) is 91.0 cm³/mol. The molecular formula is C18H21BrN2O2. The fraction of sp³-hybridized carbons (Fsp3) is 0.611. The largest absolute Gasteiger partial charge is 0.489 e. The van der Waals surface area contributed by atoms with Gasteiger partial charge < -0.3 is 13.9 Å². The van der Waals surface area contributed by atoms with Gasteiger partial charge in [0, 0.05) is 23.9 Å². The van der Waals surface area contributed by atoms with Crippen LogP contribution < -0.4 is 4.74 Å². The van der Waals surface area contributed by atoms with Crippen LogP contribution in [0.25, 0.3) is 5.65 Å². The minimum Gasteiger partial charge on any atom is -0.489 e. The molecule has 0 amide bonds. The molecule has 2 aliphatic carbocycles. The molecule has 4 heterocycles. The summed E-state index contributed by atoms with van der Waals surface area (Å²) in [5.74, 6) is 0.917. The molecule has 4 fully saturated rings. The molecule has 122 valence electrons. The van der Waals surface area contributed by atoms with Crippen molar-refractivity contribution in [3.8, 4) is 5.75 Å². The second-order valence-corrected chi connectivity index (χ2v) is 8.63. The van der Waals surface area contributed by atoms with E-state index < -0.39 is 0 Å². The minimum absolute atomic E-state index is 0.0904. The second kappa shape index (κ2) is 4.73. The molecule has 2 aromatic heterocycles. The van der Waals surface area contributed by atoms with E-state index in [1.165, 1.54) is 12.8 Å². The van der Waals surface area contributed by atoms with Crippen LogP contribution in [0, 0.1) is 0 Å². The number of imidazole rings is 1. The molecule has 2 aromatic rings. The average molecular weight is 377 g/mol. The van der Waals surface area contributed by atoms with Gasteiger partial charge in [-0.15, -0.1) is 0 Å². The van der Waals surface area contributed by atoms with E-state index in [-0.39, 0.29) is 11.0 Å². The van der Waals surface area contributed by atoms with Gasteiger partial charge in [0.05, 0.1) is 28.5 Å². The van der Waals surface area contributed by atoms with Crippen molar-refractivity contribution in [1.29, 1.82) is 0 Å². The molecule has 0 spiro atoms. The Morgan fingerprint density at radius 1 is 1.30 bits per heavy atom. The zero-order valence-corrected chi connectivity index (χ0v) is 14.9. The van der Waals surface area contributed by atoms with E-state index in [0.29, 0.717) is 6.10 Å². The van der Waals surface area contributed by atoms with Crippen molar-refractivity contribution < 1.29 is 9.47 Å². The summed E-state index contributed by atoms with van der Waals surface area (Å²) in [6.45, 7) is 3.01. The van der Waals surface area contributed by atoms with E-state index >= 15 is 0 Å². The van der Waals surface area contributed by atoms with Gasteiger partial charge in [0.15, 0.2) is 0 Å². The van der Waals surface area contributed by atoms with E-state index in [0.717, 1.165) is 53.9 Å². The van der Waals surface area contributed by atoms with Gasteiger partial charge in [-0.2, -0.15) is 0 Å². The lowest BCUT2D eigenvalue weighted by Gasteiger charge is -2.41. The Balaban J connectivity index is 1.48. The van der Waals surface area contributed by atoms with Crippen molar-refractivity contribution in [3.05, 3.63) is 28.6 Å². The summed E-state index contributed by atoms with van der Waals surface area (Å²) in [4.78, 5) is 4.89. The molecule has 0 atom stereocenters. The van der Waals surface area contributed by atoms with Crippen LogP contribution in [0.5, 0.6) is 5.75 Å². The summed E-state index contributed by atoms with van der Waals surface area (Å²) >= 11 is 3.65. The van der Waals surface area contributed by atoms with Crippen LogP contribution in [-0.2, 0) is 10.2 Å². The van der Waals surface area contributed by atoms with Crippen LogP contribution in [0.4, 0.5) is 0 Å². The van der Waals surface area contributed by atoms with E-state index in [1.807, 2.05) is 0 Å². The molecule has 0 unspecified atom stereocenters. The van der Waals surface area contributed by atoms with Crippen LogP contribution in [0.2, 0.25) is 0 Å². The topological polar surface area (TPSA) is 35.8 Å². The number of pyridine rings is 1. The summed E-state index contributed by atoms with van der Waals surface area (Å²) in [5, 5.41) is 0. The maximum absolute atomic E-state index is 6.18. The highest BCUT2D eigenvalue weighted by atomic mass is 79.9. The Morgan fingerprint density at radius 3 is 2.78 bits per heavy atom. The van der Waals surface area contributed by atoms with Gasteiger partial charge in [0.2, 0.25) is 0 Å². The molecule has 2 aliphatic heterocycles. The van der Waals surface area contributed by atoms with Gasteiger partial charge in [-0.25, -0.2) is 4.98 Å². The minimum atomic E-state index is 0.0904. The number of rotatable bonds is 3. The van der Waals surface area contributed by atoms with Gasteiger partial charge in [0.25, 0.3) is 0 Å². The molecule has 6 rings (SSSR count). The lowest BCUT2D eigenvalue weighted by molar-refractivity contribution is 0.0154. The third-order valence-electron chi connectivity index (χ3n) is 5.77. The quantitative estimate of drug-likeness (QED) is 0.803. The number of fused-ring (bicyclic) bond motifs is 2. The van der Waals surface area contributed by atoms with Gasteiger partial charge in [-0.3, -0.25) is 0 Å². The van der Waals surface area contributed by atoms with Gasteiger partial charge in [0.1, 0.15) is 11.4 Å². The zero-order chi connectivity index (χ0) is 15.7. The Labute approximate surface area is 144 Å². The Morgan fingerprint density at radius 2 is 2.09 bits per heavy atom. The van der Waals surface area contributed by atoms with Crippen LogP contribution in [0.1, 0.15) is 51.1 Å². The highest BCUT2D eigenvalue weighted by Crippen LogP contribution is 2.58. The maximum atomic E-state index is 6.18. The fourth-order valence-corrected chi connectivity index (χ4v) is 5.10. The SMILES string of the molecule is CC12CC(c3cn4cc(Br)c(OC5CCCC5)cc4n3)(CO1)C2. The van der Waals surface area contributed by atoms with E-state index in [9.17, 15) is 0 Å². The van der Waals surface area contributed by atoms with Crippen LogP contribution in [-0.4, -0.2) is 27.7 Å². The van der Waals surface area contributed by atoms with E-state index in [4.69, 9.17) is 14.5 Å². The summed E-state index contributed by atoms with van der Waals surface area (Å²) in [6, 6.07) is 2.07. The zero-order valence-electron chi connectivity index (χ0n) is 13.3. The number of halogens is 1. The summed E-state index contributed by atoms with van der Waals surface area (Å²) in [7, 11) is 0. The number of hydrogen-bond donors (Lipinski definition) is 0. The first kappa shape index (κ1) is 14.3. The highest BCUT2D eigenvalue weighted by Gasteiger charge is 2.61. The number of ether oxygens (including phenoxy) is 2. The normalized spacial score (nSPS) is 33.3. The first-order valence-corrected chi connectivity index (χ1v) is 9.34. The lowest BCUT2D eigenvalue weighted by atomic mass is 9.62. The van der Waals surface area contributed by atoms with Crippen LogP contribution >= 0.6 is 15.9 Å².